The van der Waals surface area contributed by atoms with Crippen LogP contribution >= 0.6 is 0 Å². The van der Waals surface area contributed by atoms with Crippen LogP contribution in [0, 0.1) is 6.92 Å². The summed E-state index contributed by atoms with van der Waals surface area (Å²) in [6, 6.07) is 7.67. The van der Waals surface area contributed by atoms with Crippen molar-refractivity contribution in [2.24, 2.45) is 0 Å². The van der Waals surface area contributed by atoms with Crippen LogP contribution in [0.1, 0.15) is 16.7 Å². The smallest absolute Gasteiger partial charge is 0.378 e. The third kappa shape index (κ3) is 5.28. The third-order valence-corrected chi connectivity index (χ3v) is 5.77. The van der Waals surface area contributed by atoms with E-state index in [0.29, 0.717) is 49.1 Å². The number of rotatable bonds is 6. The topological polar surface area (TPSA) is 101 Å². The first-order valence-electron chi connectivity index (χ1n) is 11.3. The lowest BCUT2D eigenvalue weighted by Crippen LogP contribution is -2.37. The molecule has 0 bridgehead atoms. The van der Waals surface area contributed by atoms with Crippen molar-refractivity contribution in [2.75, 3.05) is 41.8 Å². The van der Waals surface area contributed by atoms with Crippen molar-refractivity contribution in [3.05, 3.63) is 65.7 Å². The van der Waals surface area contributed by atoms with Crippen molar-refractivity contribution < 1.29 is 17.9 Å². The molecule has 5 rings (SSSR count). The second kappa shape index (κ2) is 9.90. The summed E-state index contributed by atoms with van der Waals surface area (Å²) in [6.07, 6.45) is -0.163. The number of hydrogen-bond acceptors (Lipinski definition) is 9. The van der Waals surface area contributed by atoms with Crippen LogP contribution in [0.2, 0.25) is 0 Å². The van der Waals surface area contributed by atoms with Crippen LogP contribution in [0.5, 0.6) is 0 Å². The molecule has 0 aliphatic carbocycles. The molecule has 0 spiro atoms. The normalized spacial score (nSPS) is 14.2. The molecule has 3 aromatic heterocycles. The summed E-state index contributed by atoms with van der Waals surface area (Å²) in [5, 5.41) is 6.29. The van der Waals surface area contributed by atoms with E-state index < -0.39 is 11.7 Å². The van der Waals surface area contributed by atoms with E-state index in [4.69, 9.17) is 9.72 Å². The van der Waals surface area contributed by atoms with Crippen molar-refractivity contribution in [1.82, 2.24) is 24.9 Å². The number of benzene rings is 1. The molecule has 0 atom stereocenters. The monoisotopic (exact) mass is 496 g/mol. The number of aromatic nitrogens is 5. The van der Waals surface area contributed by atoms with Crippen LogP contribution in [-0.4, -0.2) is 51.2 Å². The van der Waals surface area contributed by atoms with Crippen molar-refractivity contribution in [3.63, 3.8) is 0 Å². The first-order valence-corrected chi connectivity index (χ1v) is 11.3. The zero-order chi connectivity index (χ0) is 25.1. The molecule has 1 fully saturated rings. The van der Waals surface area contributed by atoms with Gasteiger partial charge in [-0.25, -0.2) is 24.9 Å². The van der Waals surface area contributed by atoms with Gasteiger partial charge in [0.15, 0.2) is 5.82 Å². The average molecular weight is 496 g/mol. The minimum Gasteiger partial charge on any atom is -0.378 e. The lowest BCUT2D eigenvalue weighted by atomic mass is 10.1. The molecule has 0 unspecified atom stereocenters. The molecular weight excluding hydrogens is 473 g/mol. The van der Waals surface area contributed by atoms with E-state index in [0.717, 1.165) is 35.1 Å². The molecule has 1 aliphatic heterocycles. The quantitative estimate of drug-likeness (QED) is 0.404. The number of nitrogens with zero attached hydrogens (tertiary/aromatic N) is 6. The standard InChI is InChI=1S/C24H23F3N8O/c1-15-2-3-16(12-29-20-11-17(4-5-28-20)24(25,26)27)10-18(15)33-22-21-19(31-14-32-22)13-30-23(34-21)35-6-8-36-9-7-35/h2-5,10-11,13-14H,6-9,12H2,1H3,(H,28,29)(H,31,32,33). The Labute approximate surface area is 204 Å². The molecule has 4 aromatic rings. The van der Waals surface area contributed by atoms with Crippen LogP contribution in [0.25, 0.3) is 11.0 Å². The number of aryl methyl sites for hydroxylation is 1. The van der Waals surface area contributed by atoms with Gasteiger partial charge < -0.3 is 20.3 Å². The van der Waals surface area contributed by atoms with Crippen molar-refractivity contribution in [1.29, 1.82) is 0 Å². The Hall–Kier alpha value is -4.06. The number of pyridine rings is 1. The minimum atomic E-state index is -4.42. The number of hydrogen-bond donors (Lipinski definition) is 2. The van der Waals surface area contributed by atoms with Crippen LogP contribution in [0.3, 0.4) is 0 Å². The lowest BCUT2D eigenvalue weighted by Gasteiger charge is -2.26. The Morgan fingerprint density at radius 2 is 1.86 bits per heavy atom. The molecule has 1 aromatic carbocycles. The predicted molar refractivity (Wildman–Crippen MR) is 129 cm³/mol. The minimum absolute atomic E-state index is 0.147. The van der Waals surface area contributed by atoms with E-state index in [9.17, 15) is 13.2 Å². The van der Waals surface area contributed by atoms with Gasteiger partial charge in [0, 0.05) is 31.5 Å². The number of ether oxygens (including phenoxy) is 1. The summed E-state index contributed by atoms with van der Waals surface area (Å²) in [6.45, 7) is 4.89. The molecule has 4 heterocycles. The summed E-state index contributed by atoms with van der Waals surface area (Å²) >= 11 is 0. The highest BCUT2D eigenvalue weighted by Crippen LogP contribution is 2.30. The van der Waals surface area contributed by atoms with Gasteiger partial charge in [0.05, 0.1) is 25.0 Å². The van der Waals surface area contributed by atoms with Gasteiger partial charge in [0.1, 0.15) is 23.2 Å². The van der Waals surface area contributed by atoms with Gasteiger partial charge in [-0.1, -0.05) is 12.1 Å². The van der Waals surface area contributed by atoms with Crippen molar-refractivity contribution in [3.8, 4) is 0 Å². The van der Waals surface area contributed by atoms with Gasteiger partial charge in [-0.3, -0.25) is 0 Å². The molecule has 9 nitrogen and oxygen atoms in total. The maximum absolute atomic E-state index is 13.0. The van der Waals surface area contributed by atoms with Crippen molar-refractivity contribution >= 4 is 34.3 Å². The zero-order valence-corrected chi connectivity index (χ0v) is 19.4. The van der Waals surface area contributed by atoms with Gasteiger partial charge in [-0.2, -0.15) is 13.2 Å². The van der Waals surface area contributed by atoms with E-state index >= 15 is 0 Å². The first-order chi connectivity index (χ1) is 17.4. The highest BCUT2D eigenvalue weighted by Gasteiger charge is 2.30. The SMILES string of the molecule is Cc1ccc(CNc2cc(C(F)(F)F)ccn2)cc1Nc1ncnc2cnc(N3CCOCC3)nc12. The highest BCUT2D eigenvalue weighted by atomic mass is 19.4. The molecule has 0 saturated carbocycles. The Morgan fingerprint density at radius 3 is 2.67 bits per heavy atom. The summed E-state index contributed by atoms with van der Waals surface area (Å²) < 4.78 is 44.4. The van der Waals surface area contributed by atoms with E-state index in [1.807, 2.05) is 25.1 Å². The highest BCUT2D eigenvalue weighted by molar-refractivity contribution is 5.87. The number of anilines is 4. The fourth-order valence-electron chi connectivity index (χ4n) is 3.79. The molecule has 1 saturated heterocycles. The Balaban J connectivity index is 1.37. The summed E-state index contributed by atoms with van der Waals surface area (Å²) in [4.78, 5) is 23.9. The summed E-state index contributed by atoms with van der Waals surface area (Å²) in [5.74, 6) is 1.27. The number of fused-ring (bicyclic) bond motifs is 1. The van der Waals surface area contributed by atoms with Crippen LogP contribution in [0.15, 0.2) is 49.1 Å². The molecular formula is C24H23F3N8O. The van der Waals surface area contributed by atoms with Gasteiger partial charge in [-0.15, -0.1) is 0 Å². The first kappa shape index (κ1) is 23.7. The second-order valence-corrected chi connectivity index (χ2v) is 8.28. The zero-order valence-electron chi connectivity index (χ0n) is 19.4. The summed E-state index contributed by atoms with van der Waals surface area (Å²) in [5.41, 5.74) is 3.05. The molecule has 2 N–H and O–H groups in total. The Bertz CT molecular complexity index is 1380. The molecule has 36 heavy (non-hydrogen) atoms. The fourth-order valence-corrected chi connectivity index (χ4v) is 3.79. The predicted octanol–water partition coefficient (Wildman–Crippen LogP) is 4.33. The number of halogens is 3. The van der Waals surface area contributed by atoms with E-state index in [1.54, 1.807) is 6.20 Å². The van der Waals surface area contributed by atoms with Gasteiger partial charge >= 0.3 is 6.18 Å². The maximum atomic E-state index is 13.0. The van der Waals surface area contributed by atoms with E-state index in [1.165, 1.54) is 6.33 Å². The molecule has 1 aliphatic rings. The van der Waals surface area contributed by atoms with Gasteiger partial charge in [0.2, 0.25) is 5.95 Å². The number of alkyl halides is 3. The third-order valence-electron chi connectivity index (χ3n) is 5.77. The lowest BCUT2D eigenvalue weighted by molar-refractivity contribution is -0.137. The summed E-state index contributed by atoms with van der Waals surface area (Å²) in [7, 11) is 0. The number of nitrogens with one attached hydrogen (secondary N) is 2. The molecule has 0 amide bonds. The molecule has 186 valence electrons. The van der Waals surface area contributed by atoms with Crippen LogP contribution in [0.4, 0.5) is 36.4 Å². The van der Waals surface area contributed by atoms with Crippen LogP contribution < -0.4 is 15.5 Å². The van der Waals surface area contributed by atoms with Gasteiger partial charge in [-0.05, 0) is 36.2 Å². The Morgan fingerprint density at radius 1 is 1.03 bits per heavy atom. The largest absolute Gasteiger partial charge is 0.416 e. The van der Waals surface area contributed by atoms with E-state index in [-0.39, 0.29) is 12.4 Å². The molecule has 0 radical (unpaired) electrons. The Kier molecular flexibility index (Phi) is 6.51. The molecule has 12 heteroatoms. The van der Waals surface area contributed by atoms with Crippen molar-refractivity contribution in [2.45, 2.75) is 19.6 Å². The van der Waals surface area contributed by atoms with E-state index in [2.05, 4.69) is 35.5 Å². The fraction of sp³-hybridized carbons (Fsp3) is 0.292. The average Bonchev–Trinajstić information content (AvgIpc) is 2.89. The van der Waals surface area contributed by atoms with Gasteiger partial charge in [0.25, 0.3) is 0 Å². The number of morpholine rings is 1. The van der Waals surface area contributed by atoms with Crippen LogP contribution in [-0.2, 0) is 17.5 Å². The maximum Gasteiger partial charge on any atom is 0.416 e. The second-order valence-electron chi connectivity index (χ2n) is 8.28.